The Morgan fingerprint density at radius 2 is 2.28 bits per heavy atom. The summed E-state index contributed by atoms with van der Waals surface area (Å²) in [6, 6.07) is 0.316. The number of hydrogen-bond donors (Lipinski definition) is 2. The number of aliphatic imine (C=N–C) groups is 1. The summed E-state index contributed by atoms with van der Waals surface area (Å²) in [7, 11) is 0. The van der Waals surface area contributed by atoms with Gasteiger partial charge >= 0.3 is 0 Å². The van der Waals surface area contributed by atoms with E-state index in [1.807, 2.05) is 18.5 Å². The first-order valence-electron chi connectivity index (χ1n) is 8.50. The molecule has 0 saturated carbocycles. The first-order valence-corrected chi connectivity index (χ1v) is 8.50. The number of hydrogen-bond acceptors (Lipinski definition) is 5. The molecule has 138 valence electrons. The van der Waals surface area contributed by atoms with Gasteiger partial charge in [0.1, 0.15) is 17.9 Å². The first kappa shape index (κ1) is 19.7. The van der Waals surface area contributed by atoms with Crippen LogP contribution in [0.25, 0.3) is 0 Å². The van der Waals surface area contributed by atoms with E-state index in [-0.39, 0.29) is 24.0 Å². The Morgan fingerprint density at radius 3 is 3.00 bits per heavy atom. The van der Waals surface area contributed by atoms with Crippen LogP contribution in [0.3, 0.4) is 0 Å². The second-order valence-electron chi connectivity index (χ2n) is 6.05. The number of nitrogens with zero attached hydrogens (tertiary/aromatic N) is 5. The molecule has 0 fully saturated rings. The molecule has 25 heavy (non-hydrogen) atoms. The summed E-state index contributed by atoms with van der Waals surface area (Å²) in [5, 5.41) is 15.1. The van der Waals surface area contributed by atoms with Crippen molar-refractivity contribution in [3.63, 3.8) is 0 Å². The van der Waals surface area contributed by atoms with Gasteiger partial charge in [-0.15, -0.1) is 24.0 Å². The first-order chi connectivity index (χ1) is 11.7. The fraction of sp³-hybridized carbons (Fsp3) is 0.625. The second-order valence-corrected chi connectivity index (χ2v) is 6.05. The van der Waals surface area contributed by atoms with Crippen LogP contribution < -0.4 is 10.6 Å². The van der Waals surface area contributed by atoms with Gasteiger partial charge in [-0.1, -0.05) is 5.16 Å². The molecule has 3 rings (SSSR count). The van der Waals surface area contributed by atoms with Gasteiger partial charge in [0.25, 0.3) is 0 Å². The third-order valence-corrected chi connectivity index (χ3v) is 4.30. The summed E-state index contributed by atoms with van der Waals surface area (Å²) in [4.78, 5) is 8.95. The van der Waals surface area contributed by atoms with Crippen molar-refractivity contribution >= 4 is 29.9 Å². The van der Waals surface area contributed by atoms with E-state index < -0.39 is 0 Å². The fourth-order valence-corrected chi connectivity index (χ4v) is 3.01. The number of fused-ring (bicyclic) bond motifs is 1. The minimum Gasteiger partial charge on any atom is -0.361 e. The molecule has 0 spiro atoms. The predicted octanol–water partition coefficient (Wildman–Crippen LogP) is 1.61. The Balaban J connectivity index is 0.00000225. The van der Waals surface area contributed by atoms with Gasteiger partial charge in [0, 0.05) is 31.1 Å². The molecule has 2 aromatic rings. The zero-order chi connectivity index (χ0) is 16.9. The summed E-state index contributed by atoms with van der Waals surface area (Å²) >= 11 is 0. The molecular weight excluding hydrogens is 433 g/mol. The highest BCUT2D eigenvalue weighted by Crippen LogP contribution is 2.13. The monoisotopic (exact) mass is 459 g/mol. The van der Waals surface area contributed by atoms with Crippen molar-refractivity contribution < 1.29 is 4.52 Å². The van der Waals surface area contributed by atoms with Crippen molar-refractivity contribution in [2.24, 2.45) is 4.99 Å². The summed E-state index contributed by atoms with van der Waals surface area (Å²) < 4.78 is 7.17. The third-order valence-electron chi connectivity index (χ3n) is 4.30. The molecule has 2 N–H and O–H groups in total. The Hall–Kier alpha value is -1.65. The normalized spacial score (nSPS) is 16.9. The van der Waals surface area contributed by atoms with Crippen LogP contribution in [-0.2, 0) is 19.4 Å². The van der Waals surface area contributed by atoms with Crippen molar-refractivity contribution in [3.8, 4) is 0 Å². The Bertz CT molecular complexity index is 690. The van der Waals surface area contributed by atoms with Crippen LogP contribution in [0.2, 0.25) is 0 Å². The van der Waals surface area contributed by atoms with E-state index >= 15 is 0 Å². The van der Waals surface area contributed by atoms with Crippen molar-refractivity contribution in [2.45, 2.75) is 52.6 Å². The van der Waals surface area contributed by atoms with Gasteiger partial charge < -0.3 is 15.2 Å². The summed E-state index contributed by atoms with van der Waals surface area (Å²) in [5.74, 6) is 2.79. The number of rotatable bonds is 5. The van der Waals surface area contributed by atoms with Gasteiger partial charge in [-0.2, -0.15) is 5.10 Å². The molecule has 0 saturated heterocycles. The third kappa shape index (κ3) is 4.93. The maximum Gasteiger partial charge on any atom is 0.191 e. The molecular formula is C16H26IN7O. The lowest BCUT2D eigenvalue weighted by molar-refractivity contribution is 0.392. The van der Waals surface area contributed by atoms with Crippen LogP contribution in [0.5, 0.6) is 0 Å². The SMILES string of the molecule is CCNC(=NCCc1c(C)noc1C)NC1CCc2ncnn2C1.I. The van der Waals surface area contributed by atoms with E-state index in [4.69, 9.17) is 4.52 Å². The zero-order valence-corrected chi connectivity index (χ0v) is 17.3. The molecule has 0 radical (unpaired) electrons. The van der Waals surface area contributed by atoms with Gasteiger partial charge in [0.15, 0.2) is 5.96 Å². The molecule has 1 aliphatic heterocycles. The molecule has 0 aliphatic carbocycles. The van der Waals surface area contributed by atoms with Crippen molar-refractivity contribution in [1.82, 2.24) is 30.6 Å². The highest BCUT2D eigenvalue weighted by molar-refractivity contribution is 14.0. The smallest absolute Gasteiger partial charge is 0.191 e. The highest BCUT2D eigenvalue weighted by Gasteiger charge is 2.20. The fourth-order valence-electron chi connectivity index (χ4n) is 3.01. The van der Waals surface area contributed by atoms with Crippen LogP contribution in [0.15, 0.2) is 15.8 Å². The lowest BCUT2D eigenvalue weighted by atomic mass is 10.1. The predicted molar refractivity (Wildman–Crippen MR) is 106 cm³/mol. The molecule has 1 aliphatic rings. The quantitative estimate of drug-likeness (QED) is 0.401. The van der Waals surface area contributed by atoms with E-state index in [0.717, 1.165) is 61.2 Å². The van der Waals surface area contributed by atoms with Gasteiger partial charge in [0.2, 0.25) is 0 Å². The average molecular weight is 459 g/mol. The Labute approximate surface area is 164 Å². The molecule has 3 heterocycles. The second kappa shape index (κ2) is 9.16. The van der Waals surface area contributed by atoms with Crippen molar-refractivity contribution in [2.75, 3.05) is 13.1 Å². The summed E-state index contributed by atoms with van der Waals surface area (Å²) in [5.41, 5.74) is 2.10. The Kier molecular flexibility index (Phi) is 7.21. The molecule has 0 amide bonds. The number of nitrogens with one attached hydrogen (secondary N) is 2. The maximum absolute atomic E-state index is 5.20. The Morgan fingerprint density at radius 1 is 1.44 bits per heavy atom. The van der Waals surface area contributed by atoms with E-state index in [1.54, 1.807) is 6.33 Å². The molecule has 1 unspecified atom stereocenters. The average Bonchev–Trinajstić information content (AvgIpc) is 3.15. The number of aryl methyl sites for hydroxylation is 3. The molecule has 0 bridgehead atoms. The molecule has 8 nitrogen and oxygen atoms in total. The van der Waals surface area contributed by atoms with Crippen LogP contribution in [-0.4, -0.2) is 45.0 Å². The van der Waals surface area contributed by atoms with E-state index in [2.05, 4.69) is 37.8 Å². The van der Waals surface area contributed by atoms with Gasteiger partial charge in [-0.3, -0.25) is 4.99 Å². The lowest BCUT2D eigenvalue weighted by Gasteiger charge is -2.25. The summed E-state index contributed by atoms with van der Waals surface area (Å²) in [6.45, 7) is 8.33. The van der Waals surface area contributed by atoms with Gasteiger partial charge in [0.05, 0.1) is 12.2 Å². The summed E-state index contributed by atoms with van der Waals surface area (Å²) in [6.07, 6.45) is 4.43. The van der Waals surface area contributed by atoms with E-state index in [1.165, 1.54) is 0 Å². The molecule has 1 atom stereocenters. The van der Waals surface area contributed by atoms with Crippen molar-refractivity contribution in [3.05, 3.63) is 29.2 Å². The van der Waals surface area contributed by atoms with Crippen LogP contribution >= 0.6 is 24.0 Å². The maximum atomic E-state index is 5.20. The van der Waals surface area contributed by atoms with E-state index in [0.29, 0.717) is 12.6 Å². The van der Waals surface area contributed by atoms with Crippen LogP contribution in [0.4, 0.5) is 0 Å². The van der Waals surface area contributed by atoms with E-state index in [9.17, 15) is 0 Å². The topological polar surface area (TPSA) is 93.2 Å². The van der Waals surface area contributed by atoms with Crippen molar-refractivity contribution in [1.29, 1.82) is 0 Å². The van der Waals surface area contributed by atoms with Crippen LogP contribution in [0, 0.1) is 13.8 Å². The molecule has 9 heteroatoms. The minimum atomic E-state index is 0. The highest BCUT2D eigenvalue weighted by atomic mass is 127. The molecule has 0 aromatic carbocycles. The molecule has 2 aromatic heterocycles. The lowest BCUT2D eigenvalue weighted by Crippen LogP contribution is -2.47. The number of halogens is 1. The standard InChI is InChI=1S/C16H25N7O.HI/c1-4-17-16(18-8-7-14-11(2)22-24-12(14)3)21-13-5-6-15-19-10-20-23(15)9-13;/h10,13H,4-9H2,1-3H3,(H2,17,18,21);1H. The van der Waals surface area contributed by atoms with Gasteiger partial charge in [-0.25, -0.2) is 9.67 Å². The van der Waals surface area contributed by atoms with Crippen LogP contribution in [0.1, 0.15) is 36.2 Å². The number of guanidine groups is 1. The minimum absolute atomic E-state index is 0. The van der Waals surface area contributed by atoms with Gasteiger partial charge in [-0.05, 0) is 33.6 Å². The zero-order valence-electron chi connectivity index (χ0n) is 14.9. The number of aromatic nitrogens is 4. The largest absolute Gasteiger partial charge is 0.361 e.